The van der Waals surface area contributed by atoms with Crippen molar-refractivity contribution in [1.82, 2.24) is 14.5 Å². The molecule has 1 N–H and O–H groups in total. The molecule has 0 spiro atoms. The maximum atomic E-state index is 14.8. The van der Waals surface area contributed by atoms with Crippen molar-refractivity contribution in [3.05, 3.63) is 33.9 Å². The van der Waals surface area contributed by atoms with Gasteiger partial charge < -0.3 is 14.6 Å². The van der Waals surface area contributed by atoms with Crippen LogP contribution >= 0.6 is 0 Å². The molecule has 2 aromatic rings. The first-order valence-corrected chi connectivity index (χ1v) is 9.34. The Kier molecular flexibility index (Phi) is 4.38. The highest BCUT2D eigenvalue weighted by molar-refractivity contribution is 5.92. The van der Waals surface area contributed by atoms with E-state index in [-0.39, 0.29) is 22.8 Å². The summed E-state index contributed by atoms with van der Waals surface area (Å²) in [7, 11) is 0. The van der Waals surface area contributed by atoms with Gasteiger partial charge in [0.25, 0.3) is 0 Å². The number of aromatic nitrogens is 2. The van der Waals surface area contributed by atoms with Crippen molar-refractivity contribution < 1.29 is 14.3 Å². The molecule has 1 aliphatic heterocycles. The summed E-state index contributed by atoms with van der Waals surface area (Å²) >= 11 is 0. The monoisotopic (exact) mass is 374 g/mol. The number of pyridine rings is 2. The lowest BCUT2D eigenvalue weighted by molar-refractivity contribution is 0.0695. The molecule has 3 heterocycles. The fourth-order valence-electron chi connectivity index (χ4n) is 3.69. The summed E-state index contributed by atoms with van der Waals surface area (Å²) in [5.74, 6) is -1.64. The Bertz CT molecular complexity index is 960. The Labute approximate surface area is 156 Å². The first-order chi connectivity index (χ1) is 12.9. The van der Waals surface area contributed by atoms with E-state index in [9.17, 15) is 19.1 Å². The van der Waals surface area contributed by atoms with Crippen molar-refractivity contribution in [1.29, 1.82) is 0 Å². The van der Waals surface area contributed by atoms with Gasteiger partial charge in [-0.15, -0.1) is 0 Å². The van der Waals surface area contributed by atoms with E-state index < -0.39 is 17.2 Å². The molecule has 0 atom stereocenters. The molecular formula is C19H23FN4O3. The normalized spacial score (nSPS) is 18.4. The summed E-state index contributed by atoms with van der Waals surface area (Å²) in [4.78, 5) is 32.6. The lowest BCUT2D eigenvalue weighted by atomic mass is 10.1. The van der Waals surface area contributed by atoms with E-state index in [0.717, 1.165) is 32.0 Å². The SMILES string of the molecule is CC(C)N1CCN(c2nc3c(cc2F)c(=O)c(C(=O)O)cn3C2CC2)CC1. The zero-order valence-corrected chi connectivity index (χ0v) is 15.5. The number of anilines is 1. The molecule has 27 heavy (non-hydrogen) atoms. The predicted octanol–water partition coefficient (Wildman–Crippen LogP) is 2.10. The topological polar surface area (TPSA) is 78.7 Å². The van der Waals surface area contributed by atoms with Crippen LogP contribution in [0.25, 0.3) is 11.0 Å². The summed E-state index contributed by atoms with van der Waals surface area (Å²) in [5, 5.41) is 9.34. The molecule has 0 radical (unpaired) electrons. The second-order valence-corrected chi connectivity index (χ2v) is 7.60. The van der Waals surface area contributed by atoms with Crippen LogP contribution in [0.2, 0.25) is 0 Å². The van der Waals surface area contributed by atoms with Crippen molar-refractivity contribution in [2.24, 2.45) is 0 Å². The molecule has 0 unspecified atom stereocenters. The van der Waals surface area contributed by atoms with Gasteiger partial charge in [0.05, 0.1) is 5.39 Å². The minimum absolute atomic E-state index is 0.0314. The second-order valence-electron chi connectivity index (χ2n) is 7.60. The van der Waals surface area contributed by atoms with Gasteiger partial charge in [-0.25, -0.2) is 14.2 Å². The van der Waals surface area contributed by atoms with Gasteiger partial charge in [-0.2, -0.15) is 0 Å². The molecule has 0 aromatic carbocycles. The van der Waals surface area contributed by atoms with Crippen LogP contribution < -0.4 is 10.3 Å². The van der Waals surface area contributed by atoms with Crippen molar-refractivity contribution in [3.8, 4) is 0 Å². The fraction of sp³-hybridized carbons (Fsp3) is 0.526. The van der Waals surface area contributed by atoms with Crippen molar-refractivity contribution in [2.75, 3.05) is 31.1 Å². The molecule has 0 bridgehead atoms. The molecule has 144 valence electrons. The Morgan fingerprint density at radius 1 is 1.26 bits per heavy atom. The molecule has 8 heteroatoms. The average molecular weight is 374 g/mol. The van der Waals surface area contributed by atoms with E-state index in [1.165, 1.54) is 6.20 Å². The summed E-state index contributed by atoms with van der Waals surface area (Å²) in [6, 6.07) is 1.71. The van der Waals surface area contributed by atoms with E-state index in [2.05, 4.69) is 23.7 Å². The number of carbonyl (C=O) groups is 1. The lowest BCUT2D eigenvalue weighted by Crippen LogP contribution is -2.49. The summed E-state index contributed by atoms with van der Waals surface area (Å²) in [6.07, 6.45) is 3.16. The van der Waals surface area contributed by atoms with E-state index >= 15 is 0 Å². The van der Waals surface area contributed by atoms with Crippen molar-refractivity contribution in [2.45, 2.75) is 38.8 Å². The van der Waals surface area contributed by atoms with Crippen LogP contribution in [0, 0.1) is 5.82 Å². The molecule has 1 aliphatic carbocycles. The molecule has 1 saturated heterocycles. The zero-order chi connectivity index (χ0) is 19.3. The number of carboxylic acid groups (broad SMARTS) is 1. The molecule has 2 aromatic heterocycles. The minimum Gasteiger partial charge on any atom is -0.477 e. The van der Waals surface area contributed by atoms with Gasteiger partial charge in [-0.05, 0) is 32.8 Å². The van der Waals surface area contributed by atoms with Crippen molar-refractivity contribution >= 4 is 22.8 Å². The van der Waals surface area contributed by atoms with E-state index in [4.69, 9.17) is 0 Å². The van der Waals surface area contributed by atoms with Crippen molar-refractivity contribution in [3.63, 3.8) is 0 Å². The zero-order valence-electron chi connectivity index (χ0n) is 15.5. The first kappa shape index (κ1) is 17.9. The van der Waals surface area contributed by atoms with Crippen LogP contribution in [-0.2, 0) is 0 Å². The fourth-order valence-corrected chi connectivity index (χ4v) is 3.69. The standard InChI is InChI=1S/C19H23FN4O3/c1-11(2)22-5-7-23(8-6-22)18-15(20)9-13-16(25)14(19(26)27)10-24(12-3-4-12)17(13)21-18/h9-12H,3-8H2,1-2H3,(H,26,27). The number of aromatic carboxylic acids is 1. The molecule has 4 rings (SSSR count). The number of halogens is 1. The van der Waals surface area contributed by atoms with Crippen LogP contribution in [0.3, 0.4) is 0 Å². The van der Waals surface area contributed by atoms with Gasteiger partial charge in [0.1, 0.15) is 11.2 Å². The van der Waals surface area contributed by atoms with Crippen LogP contribution in [0.5, 0.6) is 0 Å². The molecule has 2 aliphatic rings. The third-order valence-corrected chi connectivity index (χ3v) is 5.45. The van der Waals surface area contributed by atoms with Gasteiger partial charge >= 0.3 is 5.97 Å². The highest BCUT2D eigenvalue weighted by Gasteiger charge is 2.29. The Balaban J connectivity index is 1.79. The molecule has 2 fully saturated rings. The largest absolute Gasteiger partial charge is 0.477 e. The highest BCUT2D eigenvalue weighted by Crippen LogP contribution is 2.37. The lowest BCUT2D eigenvalue weighted by Gasteiger charge is -2.37. The van der Waals surface area contributed by atoms with Crippen LogP contribution in [0.1, 0.15) is 43.1 Å². The van der Waals surface area contributed by atoms with Crippen LogP contribution in [-0.4, -0.2) is 57.7 Å². The number of rotatable bonds is 4. The van der Waals surface area contributed by atoms with E-state index in [1.54, 1.807) is 4.57 Å². The van der Waals surface area contributed by atoms with Crippen LogP contribution in [0.15, 0.2) is 17.1 Å². The Hall–Kier alpha value is -2.48. The number of hydrogen-bond donors (Lipinski definition) is 1. The Morgan fingerprint density at radius 2 is 1.93 bits per heavy atom. The quantitative estimate of drug-likeness (QED) is 0.883. The number of piperazine rings is 1. The maximum Gasteiger partial charge on any atom is 0.341 e. The number of nitrogens with zero attached hydrogens (tertiary/aromatic N) is 4. The predicted molar refractivity (Wildman–Crippen MR) is 100 cm³/mol. The third-order valence-electron chi connectivity index (χ3n) is 5.45. The van der Waals surface area contributed by atoms with Gasteiger partial charge in [0.15, 0.2) is 11.6 Å². The maximum absolute atomic E-state index is 14.8. The minimum atomic E-state index is -1.30. The molecule has 1 saturated carbocycles. The molecule has 0 amide bonds. The average Bonchev–Trinajstić information content (AvgIpc) is 3.47. The van der Waals surface area contributed by atoms with Crippen LogP contribution in [0.4, 0.5) is 10.2 Å². The second kappa shape index (κ2) is 6.60. The first-order valence-electron chi connectivity index (χ1n) is 9.34. The summed E-state index contributed by atoms with van der Waals surface area (Å²) in [5.41, 5.74) is -0.652. The number of hydrogen-bond acceptors (Lipinski definition) is 5. The summed E-state index contributed by atoms with van der Waals surface area (Å²) in [6.45, 7) is 7.25. The van der Waals surface area contributed by atoms with Gasteiger partial charge in [0, 0.05) is 44.5 Å². The van der Waals surface area contributed by atoms with E-state index in [1.807, 2.05) is 4.90 Å². The van der Waals surface area contributed by atoms with Gasteiger partial charge in [0.2, 0.25) is 5.43 Å². The third kappa shape index (κ3) is 3.18. The molecular weight excluding hydrogens is 351 g/mol. The Morgan fingerprint density at radius 3 is 2.48 bits per heavy atom. The molecule has 7 nitrogen and oxygen atoms in total. The number of carboxylic acids is 1. The van der Waals surface area contributed by atoms with E-state index in [0.29, 0.717) is 24.8 Å². The smallest absolute Gasteiger partial charge is 0.341 e. The highest BCUT2D eigenvalue weighted by atomic mass is 19.1. The van der Waals surface area contributed by atoms with Gasteiger partial charge in [-0.3, -0.25) is 9.69 Å². The van der Waals surface area contributed by atoms with Gasteiger partial charge in [-0.1, -0.05) is 0 Å². The number of fused-ring (bicyclic) bond motifs is 1. The summed E-state index contributed by atoms with van der Waals surface area (Å²) < 4.78 is 16.5.